The van der Waals surface area contributed by atoms with E-state index in [1.165, 1.54) is 28.5 Å². The predicted molar refractivity (Wildman–Crippen MR) is 124 cm³/mol. The highest BCUT2D eigenvalue weighted by Crippen LogP contribution is 2.35. The summed E-state index contributed by atoms with van der Waals surface area (Å²) in [6.07, 6.45) is 4.67. The molecular formula is C25H27ClF2N2. The van der Waals surface area contributed by atoms with Gasteiger partial charge in [0.15, 0.2) is 0 Å². The van der Waals surface area contributed by atoms with Crippen molar-refractivity contribution in [1.29, 1.82) is 0 Å². The summed E-state index contributed by atoms with van der Waals surface area (Å²) in [5.41, 5.74) is 5.79. The molecule has 0 aliphatic heterocycles. The monoisotopic (exact) mass is 428 g/mol. The van der Waals surface area contributed by atoms with E-state index in [9.17, 15) is 8.78 Å². The third-order valence-electron chi connectivity index (χ3n) is 5.60. The average molecular weight is 429 g/mol. The van der Waals surface area contributed by atoms with Gasteiger partial charge in [-0.2, -0.15) is 8.78 Å². The van der Waals surface area contributed by atoms with Crippen LogP contribution in [0.2, 0.25) is 0 Å². The molecule has 0 spiro atoms. The van der Waals surface area contributed by atoms with Gasteiger partial charge in [0.1, 0.15) is 5.70 Å². The minimum absolute atomic E-state index is 0.0792. The molecule has 3 rings (SSSR count). The number of hydrogen-bond acceptors (Lipinski definition) is 2. The number of allylic oxidation sites excluding steroid dienone is 3. The second-order valence-electron chi connectivity index (χ2n) is 7.71. The SMILES string of the molecule is C=C/C(Cl)=C(\N(C)c1cccc(C(=C)N(C)c2ccc3c(c2)CCC3)c1)C(C)(F)F. The molecule has 0 N–H and O–H groups in total. The third-order valence-corrected chi connectivity index (χ3v) is 5.93. The van der Waals surface area contributed by atoms with Gasteiger partial charge in [-0.1, -0.05) is 43.0 Å². The van der Waals surface area contributed by atoms with E-state index in [1.54, 1.807) is 13.1 Å². The van der Waals surface area contributed by atoms with Gasteiger partial charge in [0.05, 0.1) is 5.03 Å². The van der Waals surface area contributed by atoms with Crippen molar-refractivity contribution in [2.45, 2.75) is 32.1 Å². The van der Waals surface area contributed by atoms with Crippen LogP contribution in [0, 0.1) is 0 Å². The first kappa shape index (κ1) is 22.1. The van der Waals surface area contributed by atoms with E-state index in [2.05, 4.69) is 31.4 Å². The average Bonchev–Trinajstić information content (AvgIpc) is 3.19. The van der Waals surface area contributed by atoms with Gasteiger partial charge in [0, 0.05) is 38.1 Å². The molecule has 158 valence electrons. The largest absolute Gasteiger partial charge is 0.345 e. The molecule has 0 fully saturated rings. The number of aryl methyl sites for hydroxylation is 2. The highest BCUT2D eigenvalue weighted by Gasteiger charge is 2.33. The van der Waals surface area contributed by atoms with Gasteiger partial charge in [0.2, 0.25) is 0 Å². The van der Waals surface area contributed by atoms with Crippen molar-refractivity contribution in [2.24, 2.45) is 0 Å². The lowest BCUT2D eigenvalue weighted by Gasteiger charge is -2.29. The topological polar surface area (TPSA) is 6.48 Å². The fourth-order valence-electron chi connectivity index (χ4n) is 3.90. The summed E-state index contributed by atoms with van der Waals surface area (Å²) in [5.74, 6) is -3.12. The van der Waals surface area contributed by atoms with Gasteiger partial charge < -0.3 is 9.80 Å². The Morgan fingerprint density at radius 3 is 2.37 bits per heavy atom. The Morgan fingerprint density at radius 1 is 1.03 bits per heavy atom. The molecule has 0 aromatic heterocycles. The van der Waals surface area contributed by atoms with E-state index in [0.717, 1.165) is 36.7 Å². The summed E-state index contributed by atoms with van der Waals surface area (Å²) in [7, 11) is 3.54. The first-order chi connectivity index (χ1) is 14.1. The van der Waals surface area contributed by atoms with Crippen molar-refractivity contribution in [3.05, 3.63) is 89.1 Å². The lowest BCUT2D eigenvalue weighted by molar-refractivity contribution is 0.0607. The molecule has 0 heterocycles. The van der Waals surface area contributed by atoms with E-state index < -0.39 is 5.92 Å². The minimum Gasteiger partial charge on any atom is -0.345 e. The van der Waals surface area contributed by atoms with Crippen molar-refractivity contribution in [3.63, 3.8) is 0 Å². The molecule has 2 aromatic rings. The Hall–Kier alpha value is -2.59. The Labute approximate surface area is 182 Å². The molecule has 2 aromatic carbocycles. The number of halogens is 3. The molecule has 0 saturated carbocycles. The summed E-state index contributed by atoms with van der Waals surface area (Å²) in [5, 5.41) is -0.0792. The zero-order chi connectivity index (χ0) is 22.1. The fourth-order valence-corrected chi connectivity index (χ4v) is 4.19. The lowest BCUT2D eigenvalue weighted by atomic mass is 10.1. The molecule has 0 bridgehead atoms. The van der Waals surface area contributed by atoms with Crippen molar-refractivity contribution < 1.29 is 8.78 Å². The first-order valence-electron chi connectivity index (χ1n) is 9.92. The number of rotatable bonds is 7. The van der Waals surface area contributed by atoms with Crippen LogP contribution in [0.5, 0.6) is 0 Å². The van der Waals surface area contributed by atoms with Crippen molar-refractivity contribution in [1.82, 2.24) is 0 Å². The van der Waals surface area contributed by atoms with E-state index >= 15 is 0 Å². The van der Waals surface area contributed by atoms with Crippen molar-refractivity contribution in [3.8, 4) is 0 Å². The number of hydrogen-bond donors (Lipinski definition) is 0. The Kier molecular flexibility index (Phi) is 6.37. The van der Waals surface area contributed by atoms with E-state index in [1.807, 2.05) is 30.1 Å². The smallest absolute Gasteiger partial charge is 0.286 e. The Morgan fingerprint density at radius 2 is 1.70 bits per heavy atom. The van der Waals surface area contributed by atoms with Crippen LogP contribution in [-0.2, 0) is 12.8 Å². The molecule has 0 unspecified atom stereocenters. The van der Waals surface area contributed by atoms with Crippen LogP contribution in [-0.4, -0.2) is 20.0 Å². The standard InChI is InChI=1S/C25H27ClF2N2/c1-6-23(26)24(25(3,27)28)30(5)21-12-8-10-19(15-21)17(2)29(4)22-14-13-18-9-7-11-20(18)16-22/h6,8,10,12-16H,1-2,7,9,11H2,3-5H3/b24-23+. The van der Waals surface area contributed by atoms with Crippen molar-refractivity contribution in [2.75, 3.05) is 23.9 Å². The summed E-state index contributed by atoms with van der Waals surface area (Å²) >= 11 is 6.05. The number of fused-ring (bicyclic) bond motifs is 1. The van der Waals surface area contributed by atoms with Crippen molar-refractivity contribution >= 4 is 28.7 Å². The highest BCUT2D eigenvalue weighted by atomic mass is 35.5. The normalized spacial score (nSPS) is 14.1. The fraction of sp³-hybridized carbons (Fsp3) is 0.280. The molecule has 2 nitrogen and oxygen atoms in total. The minimum atomic E-state index is -3.12. The summed E-state index contributed by atoms with van der Waals surface area (Å²) < 4.78 is 28.4. The zero-order valence-electron chi connectivity index (χ0n) is 17.7. The lowest BCUT2D eigenvalue weighted by Crippen LogP contribution is -2.30. The zero-order valence-corrected chi connectivity index (χ0v) is 18.4. The van der Waals surface area contributed by atoms with Crippen LogP contribution < -0.4 is 9.80 Å². The maximum atomic E-state index is 14.2. The molecular weight excluding hydrogens is 402 g/mol. The highest BCUT2D eigenvalue weighted by molar-refractivity contribution is 6.31. The van der Waals surface area contributed by atoms with Gasteiger partial charge in [-0.15, -0.1) is 0 Å². The Bertz CT molecular complexity index is 1000. The van der Waals surface area contributed by atoms with Gasteiger partial charge in [0.25, 0.3) is 5.92 Å². The molecule has 0 atom stereocenters. The maximum Gasteiger partial charge on any atom is 0.286 e. The molecule has 5 heteroatoms. The molecule has 0 radical (unpaired) electrons. The predicted octanol–water partition coefficient (Wildman–Crippen LogP) is 7.01. The first-order valence-corrected chi connectivity index (χ1v) is 10.3. The maximum absolute atomic E-state index is 14.2. The molecule has 0 saturated heterocycles. The quantitative estimate of drug-likeness (QED) is 0.437. The van der Waals surface area contributed by atoms with Crippen LogP contribution >= 0.6 is 11.6 Å². The summed E-state index contributed by atoms with van der Waals surface area (Å²) in [4.78, 5) is 3.43. The van der Waals surface area contributed by atoms with Crippen LogP contribution in [0.4, 0.5) is 20.2 Å². The van der Waals surface area contributed by atoms with Crippen LogP contribution in [0.3, 0.4) is 0 Å². The van der Waals surface area contributed by atoms with Gasteiger partial charge in [-0.05, 0) is 66.3 Å². The summed E-state index contributed by atoms with van der Waals surface area (Å²) in [6.45, 7) is 8.60. The second kappa shape index (κ2) is 8.65. The number of anilines is 2. The van der Waals surface area contributed by atoms with Gasteiger partial charge in [-0.25, -0.2) is 0 Å². The Balaban J connectivity index is 1.91. The molecule has 0 amide bonds. The number of alkyl halides is 2. The third kappa shape index (κ3) is 4.44. The second-order valence-corrected chi connectivity index (χ2v) is 8.12. The van der Waals surface area contributed by atoms with E-state index in [4.69, 9.17) is 11.6 Å². The van der Waals surface area contributed by atoms with Crippen LogP contribution in [0.15, 0.2) is 72.4 Å². The molecule has 1 aliphatic rings. The number of benzene rings is 2. The molecule has 30 heavy (non-hydrogen) atoms. The van der Waals surface area contributed by atoms with Gasteiger partial charge in [-0.3, -0.25) is 0 Å². The van der Waals surface area contributed by atoms with Crippen LogP contribution in [0.25, 0.3) is 5.70 Å². The summed E-state index contributed by atoms with van der Waals surface area (Å²) in [6, 6.07) is 13.9. The number of nitrogens with zero attached hydrogens (tertiary/aromatic N) is 2. The van der Waals surface area contributed by atoms with Crippen LogP contribution in [0.1, 0.15) is 30.0 Å². The van der Waals surface area contributed by atoms with E-state index in [-0.39, 0.29) is 10.7 Å². The van der Waals surface area contributed by atoms with E-state index in [0.29, 0.717) is 5.69 Å². The molecule has 1 aliphatic carbocycles. The van der Waals surface area contributed by atoms with Gasteiger partial charge >= 0.3 is 0 Å².